The average molecular weight is 432 g/mol. The normalized spacial score (nSPS) is 12.8. The highest BCUT2D eigenvalue weighted by molar-refractivity contribution is 7.13. The molecule has 2 N–H and O–H groups in total. The third-order valence-electron chi connectivity index (χ3n) is 4.98. The summed E-state index contributed by atoms with van der Waals surface area (Å²) in [4.78, 5) is 17.0. The zero-order chi connectivity index (χ0) is 19.5. The molecule has 1 aromatic heterocycles. The largest absolute Gasteiger partial charge is 0.323 e. The lowest BCUT2D eigenvalue weighted by molar-refractivity contribution is -0.115. The van der Waals surface area contributed by atoms with Crippen molar-refractivity contribution in [2.45, 2.75) is 32.7 Å². The minimum Gasteiger partial charge on any atom is -0.323 e. The number of hydrogen-bond donors (Lipinski definition) is 2. The summed E-state index contributed by atoms with van der Waals surface area (Å²) in [5.41, 5.74) is 4.92. The summed E-state index contributed by atoms with van der Waals surface area (Å²) >= 11 is 1.51. The molecule has 3 aromatic rings. The van der Waals surface area contributed by atoms with E-state index in [9.17, 15) is 9.18 Å². The summed E-state index contributed by atoms with van der Waals surface area (Å²) < 4.78 is 14.7. The molecule has 1 aliphatic heterocycles. The van der Waals surface area contributed by atoms with E-state index in [0.717, 1.165) is 29.1 Å². The van der Waals surface area contributed by atoms with Crippen molar-refractivity contribution in [1.29, 1.82) is 0 Å². The van der Waals surface area contributed by atoms with E-state index in [1.54, 1.807) is 6.07 Å². The molecule has 152 valence electrons. The number of carbonyl (C=O) groups excluding carboxylic acids is 1. The lowest BCUT2D eigenvalue weighted by atomic mass is 9.99. The Kier molecular flexibility index (Phi) is 7.00. The van der Waals surface area contributed by atoms with Gasteiger partial charge in [0.1, 0.15) is 10.8 Å². The van der Waals surface area contributed by atoms with E-state index in [2.05, 4.69) is 46.8 Å². The molecule has 0 aliphatic carbocycles. The summed E-state index contributed by atoms with van der Waals surface area (Å²) in [6.07, 6.45) is 1.76. The molecule has 7 heteroatoms. The zero-order valence-electron chi connectivity index (χ0n) is 16.1. The first kappa shape index (κ1) is 21.4. The summed E-state index contributed by atoms with van der Waals surface area (Å²) in [5, 5.41) is 8.70. The van der Waals surface area contributed by atoms with Crippen molar-refractivity contribution >= 4 is 35.3 Å². The Balaban J connectivity index is 0.00000240. The van der Waals surface area contributed by atoms with Crippen LogP contribution in [0.15, 0.2) is 41.8 Å². The minimum absolute atomic E-state index is 0. The third-order valence-corrected chi connectivity index (χ3v) is 5.92. The predicted molar refractivity (Wildman–Crippen MR) is 118 cm³/mol. The van der Waals surface area contributed by atoms with Crippen LogP contribution in [-0.4, -0.2) is 17.4 Å². The second kappa shape index (κ2) is 9.48. The standard InChI is InChI=1S/C22H22FN3OS.ClH/c1-2-14-3-5-15(6-4-14)22-25-17(13-28-22)11-20(27)26-19-8-7-16-12-24-10-9-18(16)21(19)23;/h3-8,13,24H,2,9-12H2,1H3,(H,26,27);1H. The molecule has 0 atom stereocenters. The smallest absolute Gasteiger partial charge is 0.230 e. The van der Waals surface area contributed by atoms with Crippen LogP contribution in [0.25, 0.3) is 10.6 Å². The van der Waals surface area contributed by atoms with Crippen LogP contribution in [0.1, 0.15) is 29.3 Å². The van der Waals surface area contributed by atoms with Crippen LogP contribution in [0, 0.1) is 5.82 Å². The van der Waals surface area contributed by atoms with Gasteiger partial charge in [-0.15, -0.1) is 23.7 Å². The Labute approximate surface area is 180 Å². The van der Waals surface area contributed by atoms with Crippen molar-refractivity contribution in [3.8, 4) is 10.6 Å². The average Bonchev–Trinajstić information content (AvgIpc) is 3.18. The maximum atomic E-state index is 14.7. The molecule has 29 heavy (non-hydrogen) atoms. The maximum absolute atomic E-state index is 14.7. The lowest BCUT2D eigenvalue weighted by Crippen LogP contribution is -2.25. The Morgan fingerprint density at radius 3 is 2.79 bits per heavy atom. The van der Waals surface area contributed by atoms with Crippen LogP contribution in [0.4, 0.5) is 10.1 Å². The number of nitrogens with zero attached hydrogens (tertiary/aromatic N) is 1. The first-order valence-corrected chi connectivity index (χ1v) is 10.4. The molecular formula is C22H23ClFN3OS. The fourth-order valence-corrected chi connectivity index (χ4v) is 4.22. The topological polar surface area (TPSA) is 54.0 Å². The van der Waals surface area contributed by atoms with Gasteiger partial charge in [0, 0.05) is 17.5 Å². The molecule has 0 bridgehead atoms. The van der Waals surface area contributed by atoms with Gasteiger partial charge in [-0.1, -0.05) is 37.3 Å². The van der Waals surface area contributed by atoms with E-state index in [4.69, 9.17) is 0 Å². The number of aryl methyl sites for hydroxylation is 1. The quantitative estimate of drug-likeness (QED) is 0.612. The number of hydrogen-bond acceptors (Lipinski definition) is 4. The van der Waals surface area contributed by atoms with Crippen LogP contribution in [0.3, 0.4) is 0 Å². The SMILES string of the molecule is CCc1ccc(-c2nc(CC(=O)Nc3ccc4c(c3F)CCNC4)cs2)cc1.Cl. The molecule has 0 spiro atoms. The van der Waals surface area contributed by atoms with Crippen LogP contribution in [0.5, 0.6) is 0 Å². The molecular weight excluding hydrogens is 409 g/mol. The zero-order valence-corrected chi connectivity index (χ0v) is 17.8. The molecule has 0 fully saturated rings. The van der Waals surface area contributed by atoms with Crippen molar-refractivity contribution in [2.75, 3.05) is 11.9 Å². The maximum Gasteiger partial charge on any atom is 0.230 e. The van der Waals surface area contributed by atoms with Gasteiger partial charge in [-0.2, -0.15) is 0 Å². The highest BCUT2D eigenvalue weighted by atomic mass is 35.5. The number of fused-ring (bicyclic) bond motifs is 1. The number of benzene rings is 2. The van der Waals surface area contributed by atoms with Crippen LogP contribution in [-0.2, 0) is 30.6 Å². The van der Waals surface area contributed by atoms with Gasteiger partial charge < -0.3 is 10.6 Å². The van der Waals surface area contributed by atoms with E-state index >= 15 is 0 Å². The van der Waals surface area contributed by atoms with E-state index in [0.29, 0.717) is 24.2 Å². The molecule has 4 rings (SSSR count). The summed E-state index contributed by atoms with van der Waals surface area (Å²) in [6.45, 7) is 3.54. The fraction of sp³-hybridized carbons (Fsp3) is 0.273. The second-order valence-corrected chi connectivity index (χ2v) is 7.77. The second-order valence-electron chi connectivity index (χ2n) is 6.91. The van der Waals surface area contributed by atoms with Gasteiger partial charge in [0.2, 0.25) is 5.91 Å². The van der Waals surface area contributed by atoms with Gasteiger partial charge in [0.15, 0.2) is 0 Å². The van der Waals surface area contributed by atoms with E-state index in [1.807, 2.05) is 11.4 Å². The highest BCUT2D eigenvalue weighted by Crippen LogP contribution is 2.26. The van der Waals surface area contributed by atoms with Crippen LogP contribution in [0.2, 0.25) is 0 Å². The first-order chi connectivity index (χ1) is 13.6. The molecule has 0 radical (unpaired) electrons. The van der Waals surface area contributed by atoms with Gasteiger partial charge in [0.25, 0.3) is 0 Å². The molecule has 0 saturated heterocycles. The number of nitrogens with one attached hydrogen (secondary N) is 2. The molecule has 2 aromatic carbocycles. The molecule has 1 aliphatic rings. The molecule has 2 heterocycles. The van der Waals surface area contributed by atoms with Crippen molar-refractivity contribution < 1.29 is 9.18 Å². The fourth-order valence-electron chi connectivity index (χ4n) is 3.39. The number of aromatic nitrogens is 1. The number of rotatable bonds is 5. The van der Waals surface area contributed by atoms with Crippen molar-refractivity contribution in [3.05, 3.63) is 70.0 Å². The predicted octanol–water partition coefficient (Wildman–Crippen LogP) is 4.76. The van der Waals surface area contributed by atoms with Gasteiger partial charge >= 0.3 is 0 Å². The summed E-state index contributed by atoms with van der Waals surface area (Å²) in [6, 6.07) is 11.8. The first-order valence-electron chi connectivity index (χ1n) is 9.48. The van der Waals surface area contributed by atoms with E-state index in [-0.39, 0.29) is 36.2 Å². The number of amides is 1. The summed E-state index contributed by atoms with van der Waals surface area (Å²) in [7, 11) is 0. The van der Waals surface area contributed by atoms with Crippen molar-refractivity contribution in [3.63, 3.8) is 0 Å². The van der Waals surface area contributed by atoms with E-state index < -0.39 is 0 Å². The number of halogens is 2. The van der Waals surface area contributed by atoms with Crippen LogP contribution >= 0.6 is 23.7 Å². The summed E-state index contributed by atoms with van der Waals surface area (Å²) in [5.74, 6) is -0.576. The van der Waals surface area contributed by atoms with Crippen molar-refractivity contribution in [1.82, 2.24) is 10.3 Å². The minimum atomic E-state index is -0.317. The number of anilines is 1. The van der Waals surface area contributed by atoms with Gasteiger partial charge in [-0.05, 0) is 42.1 Å². The lowest BCUT2D eigenvalue weighted by Gasteiger charge is -2.19. The Morgan fingerprint density at radius 2 is 2.03 bits per heavy atom. The molecule has 0 saturated carbocycles. The number of thiazole rings is 1. The van der Waals surface area contributed by atoms with Gasteiger partial charge in [-0.25, -0.2) is 9.37 Å². The molecule has 0 unspecified atom stereocenters. The van der Waals surface area contributed by atoms with Crippen molar-refractivity contribution in [2.24, 2.45) is 0 Å². The third kappa shape index (κ3) is 4.83. The Morgan fingerprint density at radius 1 is 1.24 bits per heavy atom. The Hall–Kier alpha value is -2.28. The molecule has 4 nitrogen and oxygen atoms in total. The number of carbonyl (C=O) groups is 1. The highest BCUT2D eigenvalue weighted by Gasteiger charge is 2.18. The van der Waals surface area contributed by atoms with Gasteiger partial charge in [-0.3, -0.25) is 4.79 Å². The van der Waals surface area contributed by atoms with E-state index in [1.165, 1.54) is 16.9 Å². The monoisotopic (exact) mass is 431 g/mol. The Bertz CT molecular complexity index is 1000. The molecule has 1 amide bonds. The van der Waals surface area contributed by atoms with Gasteiger partial charge in [0.05, 0.1) is 17.8 Å². The van der Waals surface area contributed by atoms with Crippen LogP contribution < -0.4 is 10.6 Å².